The summed E-state index contributed by atoms with van der Waals surface area (Å²) in [5.74, 6) is -1.10. The van der Waals surface area contributed by atoms with Crippen molar-refractivity contribution in [2.45, 2.75) is 0 Å². The Hall–Kier alpha value is -3.35. The van der Waals surface area contributed by atoms with Crippen molar-refractivity contribution in [1.82, 2.24) is 0 Å². The van der Waals surface area contributed by atoms with Gasteiger partial charge in [-0.3, -0.25) is 4.79 Å². The number of anilines is 2. The van der Waals surface area contributed by atoms with Gasteiger partial charge in [-0.05, 0) is 48.5 Å². The smallest absolute Gasteiger partial charge is 0.337 e. The second-order valence-electron chi connectivity index (χ2n) is 5.04. The molecule has 0 radical (unpaired) electrons. The summed E-state index contributed by atoms with van der Waals surface area (Å²) in [6.45, 7) is 0.0519. The van der Waals surface area contributed by atoms with Crippen LogP contribution in [0.1, 0.15) is 20.7 Å². The van der Waals surface area contributed by atoms with Gasteiger partial charge in [0.05, 0.1) is 31.9 Å². The molecule has 0 bridgehead atoms. The average molecular weight is 342 g/mol. The average Bonchev–Trinajstić information content (AvgIpc) is 2.66. The highest BCUT2D eigenvalue weighted by Crippen LogP contribution is 2.12. The minimum absolute atomic E-state index is 0.0519. The highest BCUT2D eigenvalue weighted by molar-refractivity contribution is 5.95. The van der Waals surface area contributed by atoms with Crippen molar-refractivity contribution < 1.29 is 23.9 Å². The summed E-state index contributed by atoms with van der Waals surface area (Å²) < 4.78 is 9.23. The zero-order valence-electron chi connectivity index (χ0n) is 13.9. The van der Waals surface area contributed by atoms with E-state index in [-0.39, 0.29) is 12.5 Å². The summed E-state index contributed by atoms with van der Waals surface area (Å²) in [7, 11) is 2.62. The lowest BCUT2D eigenvalue weighted by Crippen LogP contribution is -2.21. The number of hydrogen-bond donors (Lipinski definition) is 2. The van der Waals surface area contributed by atoms with Gasteiger partial charge in [-0.25, -0.2) is 9.59 Å². The van der Waals surface area contributed by atoms with Gasteiger partial charge in [0.15, 0.2) is 0 Å². The molecule has 7 heteroatoms. The summed E-state index contributed by atoms with van der Waals surface area (Å²) in [6, 6.07) is 13.0. The molecule has 0 aliphatic heterocycles. The fourth-order valence-electron chi connectivity index (χ4n) is 2.04. The molecule has 1 amide bonds. The minimum atomic E-state index is -0.435. The summed E-state index contributed by atoms with van der Waals surface area (Å²) in [5.41, 5.74) is 2.11. The quantitative estimate of drug-likeness (QED) is 0.783. The molecule has 0 saturated heterocycles. The minimum Gasteiger partial charge on any atom is -0.465 e. The Bertz CT molecular complexity index is 754. The van der Waals surface area contributed by atoms with Crippen molar-refractivity contribution in [2.75, 3.05) is 31.4 Å². The predicted molar refractivity (Wildman–Crippen MR) is 92.7 cm³/mol. The summed E-state index contributed by atoms with van der Waals surface area (Å²) >= 11 is 0. The number of carbonyl (C=O) groups excluding carboxylic acids is 3. The molecule has 0 aromatic heterocycles. The third kappa shape index (κ3) is 5.07. The van der Waals surface area contributed by atoms with Crippen LogP contribution >= 0.6 is 0 Å². The lowest BCUT2D eigenvalue weighted by Gasteiger charge is -2.09. The fourth-order valence-corrected chi connectivity index (χ4v) is 2.04. The van der Waals surface area contributed by atoms with E-state index >= 15 is 0 Å². The van der Waals surface area contributed by atoms with Crippen LogP contribution in [-0.2, 0) is 14.3 Å². The SMILES string of the molecule is COC(=O)c1ccc(NCC(=O)Nc2ccc(C(=O)OC)cc2)cc1. The lowest BCUT2D eigenvalue weighted by atomic mass is 10.2. The Morgan fingerprint density at radius 3 is 1.64 bits per heavy atom. The van der Waals surface area contributed by atoms with E-state index in [1.165, 1.54) is 14.2 Å². The first kappa shape index (κ1) is 18.0. The molecule has 2 aromatic rings. The van der Waals surface area contributed by atoms with Gasteiger partial charge in [0, 0.05) is 11.4 Å². The number of nitrogens with one attached hydrogen (secondary N) is 2. The summed E-state index contributed by atoms with van der Waals surface area (Å²) in [6.07, 6.45) is 0. The maximum atomic E-state index is 11.9. The number of hydrogen-bond acceptors (Lipinski definition) is 6. The number of methoxy groups -OCH3 is 2. The van der Waals surface area contributed by atoms with Crippen molar-refractivity contribution in [1.29, 1.82) is 0 Å². The van der Waals surface area contributed by atoms with E-state index in [9.17, 15) is 14.4 Å². The van der Waals surface area contributed by atoms with Crippen LogP contribution < -0.4 is 10.6 Å². The Kier molecular flexibility index (Phi) is 6.11. The fraction of sp³-hybridized carbons (Fsp3) is 0.167. The van der Waals surface area contributed by atoms with Gasteiger partial charge in [0.25, 0.3) is 0 Å². The van der Waals surface area contributed by atoms with Crippen LogP contribution in [0.5, 0.6) is 0 Å². The van der Waals surface area contributed by atoms with Crippen LogP contribution in [0.2, 0.25) is 0 Å². The van der Waals surface area contributed by atoms with Gasteiger partial charge >= 0.3 is 11.9 Å². The monoisotopic (exact) mass is 342 g/mol. The van der Waals surface area contributed by atoms with E-state index in [1.54, 1.807) is 48.5 Å². The third-order valence-corrected chi connectivity index (χ3v) is 3.35. The Balaban J connectivity index is 1.86. The number of benzene rings is 2. The molecule has 0 unspecified atom stereocenters. The zero-order chi connectivity index (χ0) is 18.2. The van der Waals surface area contributed by atoms with Crippen molar-refractivity contribution in [3.8, 4) is 0 Å². The van der Waals surface area contributed by atoms with Gasteiger partial charge in [0.2, 0.25) is 5.91 Å². The second-order valence-corrected chi connectivity index (χ2v) is 5.04. The molecule has 130 valence electrons. The van der Waals surface area contributed by atoms with Crippen LogP contribution in [0, 0.1) is 0 Å². The zero-order valence-corrected chi connectivity index (χ0v) is 13.9. The molecule has 0 aliphatic carbocycles. The maximum absolute atomic E-state index is 11.9. The van der Waals surface area contributed by atoms with E-state index in [2.05, 4.69) is 20.1 Å². The molecule has 2 N–H and O–H groups in total. The Morgan fingerprint density at radius 1 is 0.760 bits per heavy atom. The molecule has 0 heterocycles. The molecule has 0 spiro atoms. The Morgan fingerprint density at radius 2 is 1.20 bits per heavy atom. The molecule has 0 atom stereocenters. The lowest BCUT2D eigenvalue weighted by molar-refractivity contribution is -0.114. The first-order chi connectivity index (χ1) is 12.0. The third-order valence-electron chi connectivity index (χ3n) is 3.35. The highest BCUT2D eigenvalue weighted by atomic mass is 16.5. The maximum Gasteiger partial charge on any atom is 0.337 e. The van der Waals surface area contributed by atoms with Crippen molar-refractivity contribution in [2.24, 2.45) is 0 Å². The van der Waals surface area contributed by atoms with E-state index < -0.39 is 11.9 Å². The van der Waals surface area contributed by atoms with E-state index in [0.29, 0.717) is 22.5 Å². The topological polar surface area (TPSA) is 93.7 Å². The predicted octanol–water partition coefficient (Wildman–Crippen LogP) is 2.31. The number of amides is 1. The van der Waals surface area contributed by atoms with Crippen molar-refractivity contribution in [3.05, 3.63) is 59.7 Å². The van der Waals surface area contributed by atoms with E-state index in [0.717, 1.165) is 0 Å². The first-order valence-electron chi connectivity index (χ1n) is 7.44. The number of esters is 2. The molecule has 0 fully saturated rings. The van der Waals surface area contributed by atoms with Crippen LogP contribution in [0.25, 0.3) is 0 Å². The molecule has 7 nitrogen and oxygen atoms in total. The molecule has 2 aromatic carbocycles. The standard InChI is InChI=1S/C18H18N2O5/c1-24-17(22)12-3-7-14(8-4-12)19-11-16(21)20-15-9-5-13(6-10-15)18(23)25-2/h3-10,19H,11H2,1-2H3,(H,20,21). The van der Waals surface area contributed by atoms with Gasteiger partial charge in [-0.2, -0.15) is 0 Å². The van der Waals surface area contributed by atoms with Crippen LogP contribution in [0.3, 0.4) is 0 Å². The number of rotatable bonds is 6. The summed E-state index contributed by atoms with van der Waals surface area (Å²) in [5, 5.41) is 5.66. The second kappa shape index (κ2) is 8.49. The molecular formula is C18H18N2O5. The molecule has 0 saturated carbocycles. The Labute approximate surface area is 144 Å². The molecular weight excluding hydrogens is 324 g/mol. The van der Waals surface area contributed by atoms with Crippen LogP contribution in [0.15, 0.2) is 48.5 Å². The highest BCUT2D eigenvalue weighted by Gasteiger charge is 2.07. The van der Waals surface area contributed by atoms with Gasteiger partial charge in [-0.15, -0.1) is 0 Å². The van der Waals surface area contributed by atoms with E-state index in [4.69, 9.17) is 0 Å². The largest absolute Gasteiger partial charge is 0.465 e. The number of carbonyl (C=O) groups is 3. The molecule has 2 rings (SSSR count). The van der Waals surface area contributed by atoms with Crippen molar-refractivity contribution in [3.63, 3.8) is 0 Å². The van der Waals surface area contributed by atoms with Crippen LogP contribution in [0.4, 0.5) is 11.4 Å². The van der Waals surface area contributed by atoms with Gasteiger partial charge < -0.3 is 20.1 Å². The molecule has 0 aliphatic rings. The normalized spacial score (nSPS) is 9.84. The van der Waals surface area contributed by atoms with Crippen LogP contribution in [-0.4, -0.2) is 38.6 Å². The number of ether oxygens (including phenoxy) is 2. The van der Waals surface area contributed by atoms with Crippen molar-refractivity contribution >= 4 is 29.2 Å². The first-order valence-corrected chi connectivity index (χ1v) is 7.44. The van der Waals surface area contributed by atoms with E-state index in [1.807, 2.05) is 0 Å². The van der Waals surface area contributed by atoms with Gasteiger partial charge in [-0.1, -0.05) is 0 Å². The molecule has 25 heavy (non-hydrogen) atoms. The summed E-state index contributed by atoms with van der Waals surface area (Å²) in [4.78, 5) is 34.6. The van der Waals surface area contributed by atoms with Gasteiger partial charge in [0.1, 0.15) is 0 Å².